The van der Waals surface area contributed by atoms with Crippen LogP contribution in [0.25, 0.3) is 47.7 Å². The lowest BCUT2D eigenvalue weighted by Crippen LogP contribution is -2.14. The van der Waals surface area contributed by atoms with Crippen molar-refractivity contribution < 1.29 is 0 Å². The minimum absolute atomic E-state index is 1.08. The van der Waals surface area contributed by atoms with Crippen LogP contribution in [0, 0.1) is 0 Å². The molecule has 0 saturated heterocycles. The van der Waals surface area contributed by atoms with Crippen molar-refractivity contribution in [3.8, 4) is 5.69 Å². The lowest BCUT2D eigenvalue weighted by atomic mass is 10.0. The highest BCUT2D eigenvalue weighted by Gasteiger charge is 2.25. The summed E-state index contributed by atoms with van der Waals surface area (Å²) in [6.45, 7) is 0. The number of fused-ring (bicyclic) bond motifs is 6. The number of aromatic nitrogens is 1. The molecule has 8 aromatic carbocycles. The molecule has 0 spiro atoms. The van der Waals surface area contributed by atoms with Gasteiger partial charge in [-0.1, -0.05) is 115 Å². The maximum absolute atomic E-state index is 2.45. The van der Waals surface area contributed by atoms with Crippen molar-refractivity contribution in [3.05, 3.63) is 200 Å². The fraction of sp³-hybridized carbons (Fsp3) is 0. The predicted molar refractivity (Wildman–Crippen MR) is 223 cm³/mol. The SMILES string of the molecule is c1ccc(N(c2cc(N(c3ccccc3)c3ccccc3)c3c4ccccc4n(-c4ccccc4)c3c2)c2cccc3sc4ccccc4c23)cc1. The van der Waals surface area contributed by atoms with Gasteiger partial charge < -0.3 is 14.4 Å². The fourth-order valence-electron chi connectivity index (χ4n) is 7.75. The Labute approximate surface area is 306 Å². The second kappa shape index (κ2) is 12.6. The summed E-state index contributed by atoms with van der Waals surface area (Å²) in [5, 5.41) is 4.94. The summed E-state index contributed by atoms with van der Waals surface area (Å²) in [6, 6.07) is 72.1. The standard InChI is InChI=1S/C48H33N3S/c1-5-18-34(19-6-1)49(35-20-7-2-8-21-35)43-32-38(33-44-47(43)39-26-13-15-28-41(39)51(44)37-24-11-4-12-25-37)50(36-22-9-3-10-23-36)42-29-17-31-46-48(42)40-27-14-16-30-45(40)52-46/h1-33H. The van der Waals surface area contributed by atoms with E-state index in [0.29, 0.717) is 0 Å². The van der Waals surface area contributed by atoms with Crippen molar-refractivity contribution in [3.63, 3.8) is 0 Å². The second-order valence-corrected chi connectivity index (χ2v) is 14.1. The Bertz CT molecular complexity index is 2800. The highest BCUT2D eigenvalue weighted by atomic mass is 32.1. The summed E-state index contributed by atoms with van der Waals surface area (Å²) in [6.07, 6.45) is 0. The quantitative estimate of drug-likeness (QED) is 0.166. The molecule has 2 aromatic heterocycles. The van der Waals surface area contributed by atoms with Crippen LogP contribution in [-0.4, -0.2) is 4.57 Å². The van der Waals surface area contributed by atoms with Crippen LogP contribution in [-0.2, 0) is 0 Å². The summed E-state index contributed by atoms with van der Waals surface area (Å²) in [5.41, 5.74) is 10.1. The third-order valence-electron chi connectivity index (χ3n) is 9.91. The average Bonchev–Trinajstić information content (AvgIpc) is 3.76. The molecule has 0 fully saturated rings. The van der Waals surface area contributed by atoms with Crippen LogP contribution in [0.15, 0.2) is 200 Å². The van der Waals surface area contributed by atoms with Crippen LogP contribution in [0.5, 0.6) is 0 Å². The minimum atomic E-state index is 1.08. The first-order chi connectivity index (χ1) is 25.8. The van der Waals surface area contributed by atoms with E-state index in [2.05, 4.69) is 215 Å². The van der Waals surface area contributed by atoms with Gasteiger partial charge in [-0.05, 0) is 84.9 Å². The van der Waals surface area contributed by atoms with E-state index >= 15 is 0 Å². The monoisotopic (exact) mass is 683 g/mol. The van der Waals surface area contributed by atoms with Gasteiger partial charge in [0.15, 0.2) is 0 Å². The molecule has 0 saturated carbocycles. The zero-order valence-electron chi connectivity index (χ0n) is 28.3. The third kappa shape index (κ3) is 4.96. The molecule has 2 heterocycles. The predicted octanol–water partition coefficient (Wildman–Crippen LogP) is 14.1. The van der Waals surface area contributed by atoms with Crippen molar-refractivity contribution in [2.24, 2.45) is 0 Å². The maximum atomic E-state index is 2.45. The summed E-state index contributed by atoms with van der Waals surface area (Å²) in [5.74, 6) is 0. The van der Waals surface area contributed by atoms with E-state index in [1.165, 1.54) is 36.5 Å². The Morgan fingerprint density at radius 1 is 0.346 bits per heavy atom. The van der Waals surface area contributed by atoms with E-state index in [4.69, 9.17) is 0 Å². The first-order valence-electron chi connectivity index (χ1n) is 17.6. The average molecular weight is 684 g/mol. The molecule has 10 aromatic rings. The molecule has 10 rings (SSSR count). The third-order valence-corrected chi connectivity index (χ3v) is 11.1. The van der Waals surface area contributed by atoms with Crippen molar-refractivity contribution in [1.29, 1.82) is 0 Å². The molecule has 0 aliphatic carbocycles. The van der Waals surface area contributed by atoms with Crippen LogP contribution in [0.4, 0.5) is 34.1 Å². The van der Waals surface area contributed by atoms with Gasteiger partial charge in [0.1, 0.15) is 0 Å². The van der Waals surface area contributed by atoms with Crippen LogP contribution < -0.4 is 9.80 Å². The maximum Gasteiger partial charge on any atom is 0.0583 e. The molecule has 0 aliphatic heterocycles. The largest absolute Gasteiger partial charge is 0.310 e. The Morgan fingerprint density at radius 2 is 0.865 bits per heavy atom. The van der Waals surface area contributed by atoms with Gasteiger partial charge in [-0.2, -0.15) is 0 Å². The normalized spacial score (nSPS) is 11.5. The van der Waals surface area contributed by atoms with Gasteiger partial charge in [-0.3, -0.25) is 0 Å². The Morgan fingerprint density at radius 3 is 1.52 bits per heavy atom. The lowest BCUT2D eigenvalue weighted by molar-refractivity contribution is 1.17. The number of rotatable bonds is 7. The van der Waals surface area contributed by atoms with E-state index in [-0.39, 0.29) is 0 Å². The summed E-state index contributed by atoms with van der Waals surface area (Å²) < 4.78 is 4.99. The minimum Gasteiger partial charge on any atom is -0.310 e. The molecule has 0 atom stereocenters. The lowest BCUT2D eigenvalue weighted by Gasteiger charge is -2.31. The van der Waals surface area contributed by atoms with E-state index < -0.39 is 0 Å². The molecule has 0 amide bonds. The van der Waals surface area contributed by atoms with Crippen LogP contribution in [0.3, 0.4) is 0 Å². The zero-order valence-corrected chi connectivity index (χ0v) is 29.1. The van der Waals surface area contributed by atoms with Crippen molar-refractivity contribution in [1.82, 2.24) is 4.57 Å². The topological polar surface area (TPSA) is 11.4 Å². The number of hydrogen-bond acceptors (Lipinski definition) is 3. The van der Waals surface area contributed by atoms with Gasteiger partial charge in [0, 0.05) is 53.7 Å². The molecular weight excluding hydrogens is 651 g/mol. The number of anilines is 6. The number of hydrogen-bond donors (Lipinski definition) is 0. The van der Waals surface area contributed by atoms with Gasteiger partial charge in [-0.25, -0.2) is 0 Å². The molecule has 0 N–H and O–H groups in total. The smallest absolute Gasteiger partial charge is 0.0583 e. The highest BCUT2D eigenvalue weighted by Crippen LogP contribution is 2.50. The molecule has 0 unspecified atom stereocenters. The zero-order chi connectivity index (χ0) is 34.4. The first kappa shape index (κ1) is 30.2. The highest BCUT2D eigenvalue weighted by molar-refractivity contribution is 7.26. The molecule has 0 aliphatic rings. The van der Waals surface area contributed by atoms with Gasteiger partial charge in [0.05, 0.1) is 28.1 Å². The van der Waals surface area contributed by atoms with Gasteiger partial charge in [0.25, 0.3) is 0 Å². The summed E-state index contributed by atoms with van der Waals surface area (Å²) in [7, 11) is 0. The molecule has 0 bridgehead atoms. The van der Waals surface area contributed by atoms with Gasteiger partial charge in [-0.15, -0.1) is 11.3 Å². The Balaban J connectivity index is 1.37. The number of benzene rings is 8. The van der Waals surface area contributed by atoms with E-state index in [1.807, 2.05) is 11.3 Å². The fourth-order valence-corrected chi connectivity index (χ4v) is 8.87. The molecule has 4 heteroatoms. The van der Waals surface area contributed by atoms with Crippen molar-refractivity contribution in [2.45, 2.75) is 0 Å². The summed E-state index contributed by atoms with van der Waals surface area (Å²) in [4.78, 5) is 4.86. The van der Waals surface area contributed by atoms with Crippen LogP contribution in [0.1, 0.15) is 0 Å². The van der Waals surface area contributed by atoms with Crippen LogP contribution >= 0.6 is 11.3 Å². The van der Waals surface area contributed by atoms with Crippen molar-refractivity contribution >= 4 is 87.4 Å². The number of para-hydroxylation sites is 5. The first-order valence-corrected chi connectivity index (χ1v) is 18.4. The Kier molecular flexibility index (Phi) is 7.33. The molecule has 52 heavy (non-hydrogen) atoms. The molecule has 246 valence electrons. The summed E-state index contributed by atoms with van der Waals surface area (Å²) >= 11 is 1.85. The van der Waals surface area contributed by atoms with E-state index in [1.54, 1.807) is 0 Å². The Hall–Kier alpha value is -6.62. The van der Waals surface area contributed by atoms with E-state index in [0.717, 1.165) is 45.3 Å². The van der Waals surface area contributed by atoms with Crippen LogP contribution in [0.2, 0.25) is 0 Å². The van der Waals surface area contributed by atoms with E-state index in [9.17, 15) is 0 Å². The van der Waals surface area contributed by atoms with Gasteiger partial charge >= 0.3 is 0 Å². The van der Waals surface area contributed by atoms with Crippen molar-refractivity contribution in [2.75, 3.05) is 9.80 Å². The number of nitrogens with zero attached hydrogens (tertiary/aromatic N) is 3. The second-order valence-electron chi connectivity index (χ2n) is 13.0. The molecule has 0 radical (unpaired) electrons. The molecule has 3 nitrogen and oxygen atoms in total. The van der Waals surface area contributed by atoms with Gasteiger partial charge in [0.2, 0.25) is 0 Å². The molecular formula is C48H33N3S. The number of thiophene rings is 1.